The van der Waals surface area contributed by atoms with Crippen molar-refractivity contribution >= 4 is 17.6 Å². The SMILES string of the molecule is Cc1ccc(CNC(=O)N2CC3CC4CC3C2C4O)c(-n2cc(Cl)cn2)n1. The Morgan fingerprint density at radius 2 is 2.22 bits per heavy atom. The van der Waals surface area contributed by atoms with Crippen molar-refractivity contribution in [2.24, 2.45) is 17.8 Å². The molecule has 0 radical (unpaired) electrons. The van der Waals surface area contributed by atoms with E-state index in [0.717, 1.165) is 30.6 Å². The Labute approximate surface area is 162 Å². The molecule has 0 spiro atoms. The van der Waals surface area contributed by atoms with Gasteiger partial charge in [-0.1, -0.05) is 17.7 Å². The fourth-order valence-electron chi connectivity index (χ4n) is 5.25. The van der Waals surface area contributed by atoms with Crippen LogP contribution < -0.4 is 5.32 Å². The molecule has 2 amide bonds. The van der Waals surface area contributed by atoms with Gasteiger partial charge in [-0.05, 0) is 43.6 Å². The maximum atomic E-state index is 12.8. The summed E-state index contributed by atoms with van der Waals surface area (Å²) in [5, 5.41) is 18.3. The van der Waals surface area contributed by atoms with Crippen LogP contribution in [0, 0.1) is 24.7 Å². The minimum Gasteiger partial charge on any atom is -0.391 e. The van der Waals surface area contributed by atoms with Crippen LogP contribution in [0.25, 0.3) is 5.82 Å². The second kappa shape index (κ2) is 6.21. The van der Waals surface area contributed by atoms with Crippen LogP contribution in [-0.2, 0) is 6.54 Å². The summed E-state index contributed by atoms with van der Waals surface area (Å²) in [4.78, 5) is 19.2. The molecular formula is C19H22ClN5O2. The molecule has 3 fully saturated rings. The third kappa shape index (κ3) is 2.72. The third-order valence-electron chi connectivity index (χ3n) is 6.40. The number of urea groups is 1. The van der Waals surface area contributed by atoms with Gasteiger partial charge in [0.2, 0.25) is 0 Å². The molecule has 3 heterocycles. The quantitative estimate of drug-likeness (QED) is 0.845. The number of nitrogens with zero attached hydrogens (tertiary/aromatic N) is 4. The number of carbonyl (C=O) groups excluding carboxylic acids is 1. The number of aliphatic hydroxyl groups is 1. The molecule has 1 saturated heterocycles. The van der Waals surface area contributed by atoms with E-state index in [-0.39, 0.29) is 18.2 Å². The fourth-order valence-corrected chi connectivity index (χ4v) is 5.38. The molecule has 2 bridgehead atoms. The molecule has 3 aliphatic rings. The van der Waals surface area contributed by atoms with Crippen molar-refractivity contribution in [2.45, 2.75) is 38.5 Å². The van der Waals surface area contributed by atoms with Crippen molar-refractivity contribution in [3.8, 4) is 5.82 Å². The summed E-state index contributed by atoms with van der Waals surface area (Å²) in [6, 6.07) is 3.73. The van der Waals surface area contributed by atoms with E-state index >= 15 is 0 Å². The summed E-state index contributed by atoms with van der Waals surface area (Å²) in [6.07, 6.45) is 5.00. The first-order chi connectivity index (χ1) is 13.0. The average molecular weight is 388 g/mol. The number of likely N-dealkylation sites (tertiary alicyclic amines) is 1. The molecular weight excluding hydrogens is 366 g/mol. The molecule has 2 aromatic heterocycles. The Kier molecular flexibility index (Phi) is 3.91. The Morgan fingerprint density at radius 1 is 1.37 bits per heavy atom. The molecule has 142 valence electrons. The summed E-state index contributed by atoms with van der Waals surface area (Å²) in [5.74, 6) is 2.06. The van der Waals surface area contributed by atoms with Crippen LogP contribution in [0.2, 0.25) is 5.02 Å². The van der Waals surface area contributed by atoms with E-state index in [1.54, 1.807) is 17.1 Å². The van der Waals surface area contributed by atoms with Gasteiger partial charge in [-0.15, -0.1) is 0 Å². The standard InChI is InChI=1S/C19H22ClN5O2/c1-10-2-3-11(18(23-10)25-9-14(20)7-22-25)6-21-19(27)24-8-13-4-12-5-15(13)16(24)17(12)26/h2-3,7,9,12-13,15-17,26H,4-6,8H2,1H3,(H,21,27). The lowest BCUT2D eigenvalue weighted by Gasteiger charge is -2.29. The van der Waals surface area contributed by atoms with E-state index in [1.807, 2.05) is 24.0 Å². The Morgan fingerprint density at radius 3 is 2.96 bits per heavy atom. The first kappa shape index (κ1) is 17.0. The normalized spacial score (nSPS) is 30.9. The third-order valence-corrected chi connectivity index (χ3v) is 6.60. The zero-order valence-corrected chi connectivity index (χ0v) is 15.8. The highest BCUT2D eigenvalue weighted by molar-refractivity contribution is 6.30. The van der Waals surface area contributed by atoms with Gasteiger partial charge in [0.25, 0.3) is 0 Å². The second-order valence-corrected chi connectivity index (χ2v) is 8.42. The predicted molar refractivity (Wildman–Crippen MR) is 99.5 cm³/mol. The van der Waals surface area contributed by atoms with Crippen LogP contribution in [0.5, 0.6) is 0 Å². The molecule has 2 aliphatic carbocycles. The number of aromatic nitrogens is 3. The number of carbonyl (C=O) groups is 1. The van der Waals surface area contributed by atoms with Crippen molar-refractivity contribution in [1.29, 1.82) is 0 Å². The van der Waals surface area contributed by atoms with E-state index in [9.17, 15) is 9.90 Å². The van der Waals surface area contributed by atoms with Gasteiger partial charge in [0.15, 0.2) is 5.82 Å². The number of halogens is 1. The fraction of sp³-hybridized carbons (Fsp3) is 0.526. The van der Waals surface area contributed by atoms with Crippen LogP contribution >= 0.6 is 11.6 Å². The number of hydrogen-bond donors (Lipinski definition) is 2. The first-order valence-electron chi connectivity index (χ1n) is 9.41. The van der Waals surface area contributed by atoms with Crippen LogP contribution in [0.15, 0.2) is 24.5 Å². The smallest absolute Gasteiger partial charge is 0.318 e. The Bertz CT molecular complexity index is 898. The van der Waals surface area contributed by atoms with Gasteiger partial charge in [-0.25, -0.2) is 14.5 Å². The van der Waals surface area contributed by atoms with Crippen LogP contribution in [0.1, 0.15) is 24.1 Å². The molecule has 5 rings (SSSR count). The topological polar surface area (TPSA) is 83.3 Å². The molecule has 2 N–H and O–H groups in total. The van der Waals surface area contributed by atoms with Crippen molar-refractivity contribution in [2.75, 3.05) is 6.54 Å². The summed E-state index contributed by atoms with van der Waals surface area (Å²) in [5.41, 5.74) is 1.73. The van der Waals surface area contributed by atoms with Crippen molar-refractivity contribution in [1.82, 2.24) is 25.0 Å². The van der Waals surface area contributed by atoms with Gasteiger partial charge in [-0.3, -0.25) is 0 Å². The number of nitrogens with one attached hydrogen (secondary N) is 1. The number of rotatable bonds is 3. The first-order valence-corrected chi connectivity index (χ1v) is 9.78. The Hall–Kier alpha value is -2.12. The van der Waals surface area contributed by atoms with Crippen molar-refractivity contribution < 1.29 is 9.90 Å². The van der Waals surface area contributed by atoms with Crippen molar-refractivity contribution in [3.63, 3.8) is 0 Å². The highest BCUT2D eigenvalue weighted by Crippen LogP contribution is 2.54. The minimum atomic E-state index is -0.373. The molecule has 2 aromatic rings. The molecule has 5 atom stereocenters. The zero-order chi connectivity index (χ0) is 18.7. The lowest BCUT2D eigenvalue weighted by molar-refractivity contribution is 0.0608. The van der Waals surface area contributed by atoms with Gasteiger partial charge in [0.05, 0.1) is 29.6 Å². The van der Waals surface area contributed by atoms with E-state index in [1.165, 1.54) is 0 Å². The van der Waals surface area contributed by atoms with Gasteiger partial charge < -0.3 is 15.3 Å². The largest absolute Gasteiger partial charge is 0.391 e. The zero-order valence-electron chi connectivity index (χ0n) is 15.0. The van der Waals surface area contributed by atoms with E-state index < -0.39 is 0 Å². The van der Waals surface area contributed by atoms with Gasteiger partial charge in [0.1, 0.15) is 0 Å². The van der Waals surface area contributed by atoms with Gasteiger partial charge >= 0.3 is 6.03 Å². The molecule has 5 unspecified atom stereocenters. The number of aliphatic hydroxyl groups excluding tert-OH is 1. The van der Waals surface area contributed by atoms with E-state index in [4.69, 9.17) is 11.6 Å². The Balaban J connectivity index is 1.33. The summed E-state index contributed by atoms with van der Waals surface area (Å²) in [6.45, 7) is 3.01. The molecule has 2 saturated carbocycles. The summed E-state index contributed by atoms with van der Waals surface area (Å²) >= 11 is 5.99. The maximum Gasteiger partial charge on any atom is 0.318 e. The van der Waals surface area contributed by atoms with E-state index in [2.05, 4.69) is 15.4 Å². The number of pyridine rings is 1. The van der Waals surface area contributed by atoms with Gasteiger partial charge in [-0.2, -0.15) is 5.10 Å². The van der Waals surface area contributed by atoms with E-state index in [0.29, 0.717) is 35.1 Å². The number of fused-ring (bicyclic) bond motifs is 1. The van der Waals surface area contributed by atoms with Crippen LogP contribution in [-0.4, -0.2) is 49.5 Å². The lowest BCUT2D eigenvalue weighted by atomic mass is 9.88. The molecule has 1 aliphatic heterocycles. The van der Waals surface area contributed by atoms with Crippen LogP contribution in [0.4, 0.5) is 4.79 Å². The molecule has 8 heteroatoms. The van der Waals surface area contributed by atoms with Crippen LogP contribution in [0.3, 0.4) is 0 Å². The van der Waals surface area contributed by atoms with Gasteiger partial charge in [0, 0.05) is 24.3 Å². The number of hydrogen-bond acceptors (Lipinski definition) is 4. The monoisotopic (exact) mass is 387 g/mol. The summed E-state index contributed by atoms with van der Waals surface area (Å²) < 4.78 is 1.62. The molecule has 0 aromatic carbocycles. The minimum absolute atomic E-state index is 0.0192. The highest BCUT2D eigenvalue weighted by atomic mass is 35.5. The molecule has 7 nitrogen and oxygen atoms in total. The average Bonchev–Trinajstić information content (AvgIpc) is 3.36. The highest BCUT2D eigenvalue weighted by Gasteiger charge is 2.59. The lowest BCUT2D eigenvalue weighted by Crippen LogP contribution is -2.47. The maximum absolute atomic E-state index is 12.8. The van der Waals surface area contributed by atoms with Crippen molar-refractivity contribution in [3.05, 3.63) is 40.8 Å². The number of amides is 2. The molecule has 27 heavy (non-hydrogen) atoms. The summed E-state index contributed by atoms with van der Waals surface area (Å²) in [7, 11) is 0. The second-order valence-electron chi connectivity index (χ2n) is 7.99. The predicted octanol–water partition coefficient (Wildman–Crippen LogP) is 2.14. The number of aryl methyl sites for hydroxylation is 1.